The minimum atomic E-state index is -4.44. The lowest BCUT2D eigenvalue weighted by molar-refractivity contribution is -0.152. The van der Waals surface area contributed by atoms with Crippen molar-refractivity contribution in [3.8, 4) is 27.8 Å². The summed E-state index contributed by atoms with van der Waals surface area (Å²) in [5.74, 6) is 0.496. The summed E-state index contributed by atoms with van der Waals surface area (Å²) in [7, 11) is 3.21. The van der Waals surface area contributed by atoms with Crippen LogP contribution < -0.4 is 19.1 Å². The molecule has 1 saturated heterocycles. The number of halogens is 3. The zero-order valence-electron chi connectivity index (χ0n) is 28.6. The van der Waals surface area contributed by atoms with Crippen LogP contribution in [-0.4, -0.2) is 72.7 Å². The molecule has 13 heteroatoms. The molecular weight excluding hydrogens is 671 g/mol. The highest BCUT2D eigenvalue weighted by Gasteiger charge is 2.31. The summed E-state index contributed by atoms with van der Waals surface area (Å²) in [6.07, 6.45) is -3.84. The van der Waals surface area contributed by atoms with Crippen molar-refractivity contribution in [2.45, 2.75) is 51.9 Å². The van der Waals surface area contributed by atoms with E-state index in [4.69, 9.17) is 19.2 Å². The van der Waals surface area contributed by atoms with Crippen molar-refractivity contribution in [2.24, 2.45) is 0 Å². The Labute approximate surface area is 293 Å². The molecule has 0 bridgehead atoms. The summed E-state index contributed by atoms with van der Waals surface area (Å²) in [5.41, 5.74) is 1.36. The molecule has 9 nitrogen and oxygen atoms in total. The van der Waals surface area contributed by atoms with Gasteiger partial charge in [-0.05, 0) is 75.2 Å². The molecule has 3 aromatic carbocycles. The average Bonchev–Trinajstić information content (AvgIpc) is 3.49. The van der Waals surface area contributed by atoms with E-state index in [1.165, 1.54) is 37.3 Å². The minimum absolute atomic E-state index is 0.101. The van der Waals surface area contributed by atoms with Crippen molar-refractivity contribution in [2.75, 3.05) is 45.3 Å². The number of aromatic nitrogens is 1. The minimum Gasteiger partial charge on any atom is -0.493 e. The molecular formula is C37H40F3N3O6S. The van der Waals surface area contributed by atoms with Gasteiger partial charge in [-0.1, -0.05) is 12.1 Å². The molecule has 0 saturated carbocycles. The molecule has 0 amide bonds. The van der Waals surface area contributed by atoms with Gasteiger partial charge in [-0.3, -0.25) is 9.69 Å². The Balaban J connectivity index is 1.31. The number of methoxy groups -OCH3 is 2. The van der Waals surface area contributed by atoms with Crippen LogP contribution in [-0.2, 0) is 23.9 Å². The van der Waals surface area contributed by atoms with Crippen LogP contribution >= 0.6 is 11.3 Å². The Morgan fingerprint density at radius 1 is 0.900 bits per heavy atom. The van der Waals surface area contributed by atoms with Gasteiger partial charge in [-0.15, -0.1) is 11.3 Å². The van der Waals surface area contributed by atoms with Crippen LogP contribution in [0.1, 0.15) is 52.3 Å². The highest BCUT2D eigenvalue weighted by atomic mass is 32.1. The number of alkyl halides is 3. The lowest BCUT2D eigenvalue weighted by Crippen LogP contribution is -2.46. The van der Waals surface area contributed by atoms with Crippen molar-refractivity contribution < 1.29 is 42.1 Å². The van der Waals surface area contributed by atoms with E-state index in [0.717, 1.165) is 54.6 Å². The first-order chi connectivity index (χ1) is 23.7. The molecule has 1 aliphatic heterocycles. The number of Topliss-reactive ketones (excluding diaryl/α,β-unsaturated/α-hetero) is 1. The van der Waals surface area contributed by atoms with Crippen molar-refractivity contribution in [1.82, 2.24) is 9.88 Å². The lowest BCUT2D eigenvalue weighted by atomic mass is 10.0. The molecule has 50 heavy (non-hydrogen) atoms. The normalized spacial score (nSPS) is 14.0. The average molecular weight is 712 g/mol. The number of hydrogen-bond donors (Lipinski definition) is 1. The maximum atomic E-state index is 13.4. The van der Waals surface area contributed by atoms with E-state index in [1.807, 2.05) is 18.2 Å². The number of aryl methyl sites for hydroxylation is 2. The largest absolute Gasteiger partial charge is 0.493 e. The first-order valence-electron chi connectivity index (χ1n) is 16.1. The number of ketones is 1. The van der Waals surface area contributed by atoms with Crippen molar-refractivity contribution in [3.05, 3.63) is 87.9 Å². The van der Waals surface area contributed by atoms with E-state index in [9.17, 15) is 27.9 Å². The number of carbonyl (C=O) groups excluding carboxylic acids is 1. The van der Waals surface area contributed by atoms with Gasteiger partial charge in [0.25, 0.3) is 0 Å². The van der Waals surface area contributed by atoms with Gasteiger partial charge in [0, 0.05) is 66.9 Å². The second kappa shape index (κ2) is 15.1. The molecule has 0 spiro atoms. The number of aliphatic carboxylic acids is 1. The third-order valence-corrected chi connectivity index (χ3v) is 9.88. The van der Waals surface area contributed by atoms with E-state index in [2.05, 4.69) is 9.80 Å². The molecule has 0 unspecified atom stereocenters. The fourth-order valence-corrected chi connectivity index (χ4v) is 6.73. The van der Waals surface area contributed by atoms with Crippen molar-refractivity contribution >= 4 is 28.8 Å². The highest BCUT2D eigenvalue weighted by Crippen LogP contribution is 2.35. The number of anilines is 1. The SMILES string of the molecule is COc1ccc(N2CCN(Cc3nc(-c4ccc(C(F)(F)F)cc4)sc3CCC(=O)c3ccc(OC(C)(C)C(=O)O)c(C)c3)CC2)cc1OC. The topological polar surface area (TPSA) is 101 Å². The first-order valence-corrected chi connectivity index (χ1v) is 16.9. The zero-order chi connectivity index (χ0) is 36.2. The number of benzene rings is 3. The molecule has 4 aromatic rings. The lowest BCUT2D eigenvalue weighted by Gasteiger charge is -2.36. The summed E-state index contributed by atoms with van der Waals surface area (Å²) in [5, 5.41) is 10.0. The fraction of sp³-hybridized carbons (Fsp3) is 0.378. The van der Waals surface area contributed by atoms with E-state index in [0.29, 0.717) is 51.9 Å². The second-order valence-corrected chi connectivity index (χ2v) is 13.7. The van der Waals surface area contributed by atoms with E-state index < -0.39 is 23.3 Å². The fourth-order valence-electron chi connectivity index (χ4n) is 5.65. The summed E-state index contributed by atoms with van der Waals surface area (Å²) in [6, 6.07) is 15.7. The molecule has 5 rings (SSSR count). The van der Waals surface area contributed by atoms with Gasteiger partial charge in [0.05, 0.1) is 25.5 Å². The maximum absolute atomic E-state index is 13.4. The number of carboxylic acid groups (broad SMARTS) is 1. The Morgan fingerprint density at radius 2 is 1.56 bits per heavy atom. The van der Waals surface area contributed by atoms with Crippen molar-refractivity contribution in [3.63, 3.8) is 0 Å². The Bertz CT molecular complexity index is 1830. The molecule has 1 N–H and O–H groups in total. The van der Waals surface area contributed by atoms with Gasteiger partial charge < -0.3 is 24.2 Å². The maximum Gasteiger partial charge on any atom is 0.416 e. The monoisotopic (exact) mass is 711 g/mol. The predicted octanol–water partition coefficient (Wildman–Crippen LogP) is 7.53. The standard InChI is InChI=1S/C37H40F3N3O6S/c1-23-20-25(8-13-30(23)49-36(2,3)35(45)46)29(44)12-15-33-28(41-34(50-33)24-6-9-26(10-7-24)37(38,39)40)22-42-16-18-43(19-17-42)27-11-14-31(47-4)32(21-27)48-5/h6-11,13-14,20-21H,12,15-19,22H2,1-5H3,(H,45,46). The number of nitrogens with zero attached hydrogens (tertiary/aromatic N) is 3. The van der Waals surface area contributed by atoms with Gasteiger partial charge >= 0.3 is 12.1 Å². The number of carboxylic acids is 1. The van der Waals surface area contributed by atoms with Gasteiger partial charge in [-0.25, -0.2) is 9.78 Å². The number of ether oxygens (including phenoxy) is 3. The summed E-state index contributed by atoms with van der Waals surface area (Å²) in [6.45, 7) is 8.25. The van der Waals surface area contributed by atoms with E-state index in [1.54, 1.807) is 39.3 Å². The van der Waals surface area contributed by atoms with Crippen LogP contribution in [0, 0.1) is 6.92 Å². The van der Waals surface area contributed by atoms with Gasteiger partial charge in [0.1, 0.15) is 10.8 Å². The van der Waals surface area contributed by atoms with E-state index in [-0.39, 0.29) is 12.2 Å². The third-order valence-electron chi connectivity index (χ3n) is 8.67. The van der Waals surface area contributed by atoms with Crippen LogP contribution in [0.4, 0.5) is 18.9 Å². The number of thiazole rings is 1. The van der Waals surface area contributed by atoms with Crippen molar-refractivity contribution in [1.29, 1.82) is 0 Å². The smallest absolute Gasteiger partial charge is 0.416 e. The van der Waals surface area contributed by atoms with Gasteiger partial charge in [0.2, 0.25) is 0 Å². The summed E-state index contributed by atoms with van der Waals surface area (Å²) in [4.78, 5) is 35.2. The molecule has 2 heterocycles. The first kappa shape index (κ1) is 36.7. The quantitative estimate of drug-likeness (QED) is 0.141. The van der Waals surface area contributed by atoms with Crippen LogP contribution in [0.2, 0.25) is 0 Å². The van der Waals surface area contributed by atoms with Crippen LogP contribution in [0.15, 0.2) is 60.7 Å². The number of carbonyl (C=O) groups is 2. The van der Waals surface area contributed by atoms with Crippen LogP contribution in [0.3, 0.4) is 0 Å². The summed E-state index contributed by atoms with van der Waals surface area (Å²) >= 11 is 1.39. The molecule has 1 aromatic heterocycles. The Morgan fingerprint density at radius 3 is 2.16 bits per heavy atom. The number of rotatable bonds is 13. The highest BCUT2D eigenvalue weighted by molar-refractivity contribution is 7.15. The Hall–Kier alpha value is -4.62. The molecule has 1 fully saturated rings. The molecule has 0 radical (unpaired) electrons. The van der Waals surface area contributed by atoms with Gasteiger partial charge in [0.15, 0.2) is 22.9 Å². The number of hydrogen-bond acceptors (Lipinski definition) is 9. The van der Waals surface area contributed by atoms with E-state index >= 15 is 0 Å². The van der Waals surface area contributed by atoms with Gasteiger partial charge in [-0.2, -0.15) is 13.2 Å². The molecule has 1 aliphatic rings. The Kier molecular flexibility index (Phi) is 11.1. The second-order valence-electron chi connectivity index (χ2n) is 12.6. The van der Waals surface area contributed by atoms with Crippen LogP contribution in [0.25, 0.3) is 10.6 Å². The van der Waals surface area contributed by atoms with Crippen LogP contribution in [0.5, 0.6) is 17.2 Å². The zero-order valence-corrected chi connectivity index (χ0v) is 29.4. The predicted molar refractivity (Wildman–Crippen MR) is 186 cm³/mol. The molecule has 0 aliphatic carbocycles. The summed E-state index contributed by atoms with van der Waals surface area (Å²) < 4.78 is 56.2. The third kappa shape index (κ3) is 8.56. The molecule has 0 atom stereocenters. The number of piperazine rings is 1. The molecule has 266 valence electrons.